The van der Waals surface area contributed by atoms with Crippen molar-refractivity contribution in [3.05, 3.63) is 47.5 Å². The number of aryl methyl sites for hydroxylation is 1. The molecular weight excluding hydrogens is 382 g/mol. The molecule has 1 atom stereocenters. The monoisotopic (exact) mass is 409 g/mol. The van der Waals surface area contributed by atoms with Gasteiger partial charge in [-0.1, -0.05) is 12.1 Å². The number of hydrogen-bond donors (Lipinski definition) is 1. The van der Waals surface area contributed by atoms with Gasteiger partial charge in [-0.25, -0.2) is 9.97 Å². The van der Waals surface area contributed by atoms with Crippen LogP contribution in [0.15, 0.2) is 30.5 Å². The lowest BCUT2D eigenvalue weighted by atomic mass is 10.1. The van der Waals surface area contributed by atoms with Crippen molar-refractivity contribution in [2.45, 2.75) is 32.2 Å². The molecule has 1 aromatic heterocycles. The van der Waals surface area contributed by atoms with Crippen LogP contribution in [0.4, 0.5) is 5.69 Å². The highest BCUT2D eigenvalue weighted by atomic mass is 16.5. The third-order valence-electron chi connectivity index (χ3n) is 5.81. The van der Waals surface area contributed by atoms with Crippen molar-refractivity contribution in [3.63, 3.8) is 0 Å². The summed E-state index contributed by atoms with van der Waals surface area (Å²) in [5.41, 5.74) is 1.64. The van der Waals surface area contributed by atoms with Gasteiger partial charge in [0, 0.05) is 19.3 Å². The average molecular weight is 409 g/mol. The van der Waals surface area contributed by atoms with Gasteiger partial charge in [-0.3, -0.25) is 14.5 Å². The van der Waals surface area contributed by atoms with Gasteiger partial charge in [0.05, 0.1) is 36.6 Å². The molecule has 158 valence electrons. The number of nitrogens with one attached hydrogen (secondary N) is 1. The number of likely N-dealkylation sites (tertiary alicyclic amines) is 2. The maximum absolute atomic E-state index is 12.8. The standard InChI is InChI=1S/C22H27N5O3/c1-15-16(22(29)25-17-7-3-4-9-19(17)30-2)13-23-21(24-15)18-8-5-10-27(18)14-20(28)26-11-6-12-26/h3-4,7,9,13,18H,5-6,8,10-12,14H2,1-2H3,(H,25,29)/t18-/m0/s1. The largest absolute Gasteiger partial charge is 0.495 e. The highest BCUT2D eigenvalue weighted by Crippen LogP contribution is 2.30. The first-order chi connectivity index (χ1) is 14.6. The van der Waals surface area contributed by atoms with Crippen LogP contribution in [0.3, 0.4) is 0 Å². The minimum Gasteiger partial charge on any atom is -0.495 e. The van der Waals surface area contributed by atoms with Crippen LogP contribution in [-0.4, -0.2) is 64.9 Å². The first kappa shape index (κ1) is 20.3. The quantitative estimate of drug-likeness (QED) is 0.788. The maximum Gasteiger partial charge on any atom is 0.259 e. The second-order valence-electron chi connectivity index (χ2n) is 7.74. The molecule has 0 aliphatic carbocycles. The molecule has 8 nitrogen and oxygen atoms in total. The number of nitrogens with zero attached hydrogens (tertiary/aromatic N) is 4. The third kappa shape index (κ3) is 4.14. The minimum atomic E-state index is -0.278. The third-order valence-corrected chi connectivity index (χ3v) is 5.81. The Morgan fingerprint density at radius 3 is 2.70 bits per heavy atom. The Hall–Kier alpha value is -3.00. The maximum atomic E-state index is 12.8. The first-order valence-corrected chi connectivity index (χ1v) is 10.4. The zero-order valence-corrected chi connectivity index (χ0v) is 17.4. The molecule has 4 rings (SSSR count). The summed E-state index contributed by atoms with van der Waals surface area (Å²) in [5.74, 6) is 1.17. The zero-order valence-electron chi connectivity index (χ0n) is 17.4. The van der Waals surface area contributed by atoms with Gasteiger partial charge in [0.15, 0.2) is 0 Å². The zero-order chi connectivity index (χ0) is 21.1. The Morgan fingerprint density at radius 1 is 1.20 bits per heavy atom. The van der Waals surface area contributed by atoms with Crippen molar-refractivity contribution >= 4 is 17.5 Å². The van der Waals surface area contributed by atoms with E-state index in [2.05, 4.69) is 20.2 Å². The first-order valence-electron chi connectivity index (χ1n) is 10.4. The summed E-state index contributed by atoms with van der Waals surface area (Å²) in [6, 6.07) is 7.27. The van der Waals surface area contributed by atoms with Crippen LogP contribution in [0.5, 0.6) is 5.75 Å². The van der Waals surface area contributed by atoms with Gasteiger partial charge < -0.3 is 15.0 Å². The number of carbonyl (C=O) groups is 2. The number of hydrogen-bond acceptors (Lipinski definition) is 6. The van der Waals surface area contributed by atoms with E-state index >= 15 is 0 Å². The summed E-state index contributed by atoms with van der Waals surface area (Å²) >= 11 is 0. The van der Waals surface area contributed by atoms with E-state index in [-0.39, 0.29) is 17.9 Å². The molecular formula is C22H27N5O3. The van der Waals surface area contributed by atoms with Crippen LogP contribution in [0.1, 0.15) is 47.2 Å². The Labute approximate surface area is 176 Å². The summed E-state index contributed by atoms with van der Waals surface area (Å²) < 4.78 is 5.29. The van der Waals surface area contributed by atoms with E-state index in [1.807, 2.05) is 24.0 Å². The number of amides is 2. The molecule has 3 heterocycles. The molecule has 1 aromatic carbocycles. The Balaban J connectivity index is 1.47. The number of anilines is 1. The molecule has 1 N–H and O–H groups in total. The Kier molecular flexibility index (Phi) is 5.94. The molecule has 0 saturated carbocycles. The SMILES string of the molecule is COc1ccccc1NC(=O)c1cnc([C@@H]2CCCN2CC(=O)N2CCC2)nc1C. The van der Waals surface area contributed by atoms with E-state index in [0.717, 1.165) is 38.9 Å². The van der Waals surface area contributed by atoms with Gasteiger partial charge in [-0.2, -0.15) is 0 Å². The lowest BCUT2D eigenvalue weighted by Crippen LogP contribution is -2.47. The van der Waals surface area contributed by atoms with Gasteiger partial charge in [-0.05, 0) is 44.9 Å². The van der Waals surface area contributed by atoms with Crippen molar-refractivity contribution in [2.75, 3.05) is 38.6 Å². The van der Waals surface area contributed by atoms with Crippen molar-refractivity contribution < 1.29 is 14.3 Å². The smallest absolute Gasteiger partial charge is 0.259 e. The van der Waals surface area contributed by atoms with Gasteiger partial charge >= 0.3 is 0 Å². The highest BCUT2D eigenvalue weighted by molar-refractivity contribution is 6.05. The van der Waals surface area contributed by atoms with Crippen LogP contribution < -0.4 is 10.1 Å². The number of rotatable bonds is 6. The van der Waals surface area contributed by atoms with Crippen molar-refractivity contribution in [2.24, 2.45) is 0 Å². The second kappa shape index (κ2) is 8.79. The minimum absolute atomic E-state index is 0.0141. The molecule has 2 amide bonds. The second-order valence-corrected chi connectivity index (χ2v) is 7.74. The predicted octanol–water partition coefficient (Wildman–Crippen LogP) is 2.42. The van der Waals surface area contributed by atoms with Crippen LogP contribution in [0.2, 0.25) is 0 Å². The Morgan fingerprint density at radius 2 is 2.00 bits per heavy atom. The fourth-order valence-corrected chi connectivity index (χ4v) is 3.95. The van der Waals surface area contributed by atoms with E-state index in [1.54, 1.807) is 25.4 Å². The summed E-state index contributed by atoms with van der Waals surface area (Å²) in [6.07, 6.45) is 4.60. The normalized spacial score (nSPS) is 18.7. The lowest BCUT2D eigenvalue weighted by Gasteiger charge is -2.33. The van der Waals surface area contributed by atoms with E-state index in [0.29, 0.717) is 35.1 Å². The summed E-state index contributed by atoms with van der Waals surface area (Å²) in [7, 11) is 1.56. The number of para-hydroxylation sites is 2. The molecule has 2 aliphatic heterocycles. The summed E-state index contributed by atoms with van der Waals surface area (Å²) in [6.45, 7) is 4.81. The fraction of sp³-hybridized carbons (Fsp3) is 0.455. The van der Waals surface area contributed by atoms with Crippen LogP contribution in [0.25, 0.3) is 0 Å². The van der Waals surface area contributed by atoms with E-state index in [1.165, 1.54) is 0 Å². The fourth-order valence-electron chi connectivity index (χ4n) is 3.95. The van der Waals surface area contributed by atoms with Gasteiger partial charge in [-0.15, -0.1) is 0 Å². The van der Waals surface area contributed by atoms with Crippen LogP contribution in [-0.2, 0) is 4.79 Å². The van der Waals surface area contributed by atoms with Crippen LogP contribution >= 0.6 is 0 Å². The number of ether oxygens (including phenoxy) is 1. The number of benzene rings is 1. The highest BCUT2D eigenvalue weighted by Gasteiger charge is 2.32. The molecule has 2 saturated heterocycles. The molecule has 30 heavy (non-hydrogen) atoms. The van der Waals surface area contributed by atoms with E-state index < -0.39 is 0 Å². The summed E-state index contributed by atoms with van der Waals surface area (Å²) in [4.78, 5) is 38.3. The van der Waals surface area contributed by atoms with Crippen LogP contribution in [0, 0.1) is 6.92 Å². The number of aromatic nitrogens is 2. The van der Waals surface area contributed by atoms with E-state index in [4.69, 9.17) is 4.74 Å². The number of carbonyl (C=O) groups excluding carboxylic acids is 2. The lowest BCUT2D eigenvalue weighted by molar-refractivity contribution is -0.136. The Bertz CT molecular complexity index is 944. The average Bonchev–Trinajstić information content (AvgIpc) is 3.14. The molecule has 0 spiro atoms. The topological polar surface area (TPSA) is 87.7 Å². The van der Waals surface area contributed by atoms with Gasteiger partial charge in [0.2, 0.25) is 5.91 Å². The van der Waals surface area contributed by atoms with Gasteiger partial charge in [0.1, 0.15) is 11.6 Å². The molecule has 8 heteroatoms. The molecule has 0 radical (unpaired) electrons. The predicted molar refractivity (Wildman–Crippen MR) is 112 cm³/mol. The molecule has 2 aromatic rings. The van der Waals surface area contributed by atoms with Crippen molar-refractivity contribution in [3.8, 4) is 5.75 Å². The van der Waals surface area contributed by atoms with E-state index in [9.17, 15) is 9.59 Å². The van der Waals surface area contributed by atoms with Gasteiger partial charge in [0.25, 0.3) is 5.91 Å². The summed E-state index contributed by atoms with van der Waals surface area (Å²) in [5, 5.41) is 2.86. The molecule has 2 fully saturated rings. The molecule has 0 unspecified atom stereocenters. The molecule has 2 aliphatic rings. The van der Waals surface area contributed by atoms with Crippen molar-refractivity contribution in [1.29, 1.82) is 0 Å². The number of methoxy groups -OCH3 is 1. The van der Waals surface area contributed by atoms with Crippen molar-refractivity contribution in [1.82, 2.24) is 19.8 Å². The molecule has 0 bridgehead atoms.